The smallest absolute Gasteiger partial charge is 0.0578 e. The largest absolute Gasteiger partial charge is 0.393 e. The predicted octanol–water partition coefficient (Wildman–Crippen LogP) is 7.23. The molecule has 4 aliphatic rings. The molecule has 0 aliphatic heterocycles. The minimum absolute atomic E-state index is 0.112. The lowest BCUT2D eigenvalue weighted by molar-refractivity contribution is 0.0324. The third-order valence-corrected chi connectivity index (χ3v) is 9.57. The number of fused-ring (bicyclic) bond motifs is 5. The minimum atomic E-state index is -0.112. The fourth-order valence-electron chi connectivity index (χ4n) is 7.89. The highest BCUT2D eigenvalue weighted by Gasteiger charge is 2.56. The van der Waals surface area contributed by atoms with Crippen molar-refractivity contribution in [2.45, 2.75) is 98.0 Å². The highest BCUT2D eigenvalue weighted by Crippen LogP contribution is 2.66. The van der Waals surface area contributed by atoms with Crippen LogP contribution in [0.5, 0.6) is 0 Å². The second-order valence-corrected chi connectivity index (χ2v) is 11.3. The number of allylic oxidation sites excluding steroid dienone is 4. The summed E-state index contributed by atoms with van der Waals surface area (Å²) in [5, 5.41) is 10.2. The molecular formula is C27H42O. The minimum Gasteiger partial charge on any atom is -0.393 e. The summed E-state index contributed by atoms with van der Waals surface area (Å²) in [5.74, 6) is 3.24. The van der Waals surface area contributed by atoms with Crippen LogP contribution >= 0.6 is 0 Å². The van der Waals surface area contributed by atoms with Crippen molar-refractivity contribution >= 4 is 0 Å². The predicted molar refractivity (Wildman–Crippen MR) is 119 cm³/mol. The third kappa shape index (κ3) is 3.26. The Balaban J connectivity index is 1.54. The second-order valence-electron chi connectivity index (χ2n) is 11.3. The summed E-state index contributed by atoms with van der Waals surface area (Å²) in [5.41, 5.74) is 5.47. The van der Waals surface area contributed by atoms with Gasteiger partial charge in [0.2, 0.25) is 0 Å². The molecule has 0 spiro atoms. The average molecular weight is 383 g/mol. The fraction of sp³-hybridized carbons (Fsp3) is 0.778. The number of hydrogen-bond donors (Lipinski definition) is 1. The van der Waals surface area contributed by atoms with Gasteiger partial charge in [0.25, 0.3) is 0 Å². The Labute approximate surface area is 173 Å². The van der Waals surface area contributed by atoms with E-state index in [4.69, 9.17) is 0 Å². The van der Waals surface area contributed by atoms with E-state index in [0.717, 1.165) is 36.5 Å². The van der Waals surface area contributed by atoms with Crippen LogP contribution < -0.4 is 0 Å². The van der Waals surface area contributed by atoms with Crippen LogP contribution in [0.4, 0.5) is 0 Å². The van der Waals surface area contributed by atoms with Gasteiger partial charge in [-0.05, 0) is 99.2 Å². The van der Waals surface area contributed by atoms with E-state index >= 15 is 0 Å². The first-order valence-electron chi connectivity index (χ1n) is 12.0. The zero-order chi connectivity index (χ0) is 20.1. The second kappa shape index (κ2) is 7.46. The van der Waals surface area contributed by atoms with Crippen LogP contribution in [-0.2, 0) is 0 Å². The van der Waals surface area contributed by atoms with Crippen LogP contribution in [-0.4, -0.2) is 11.2 Å². The Hall–Kier alpha value is -0.820. The first kappa shape index (κ1) is 20.5. The summed E-state index contributed by atoms with van der Waals surface area (Å²) < 4.78 is 0. The molecule has 3 saturated carbocycles. The number of hydrogen-bond acceptors (Lipinski definition) is 1. The lowest BCUT2D eigenvalue weighted by atomic mass is 9.50. The van der Waals surface area contributed by atoms with Crippen molar-refractivity contribution in [3.05, 3.63) is 35.5 Å². The molecule has 1 N–H and O–H groups in total. The molecule has 0 aromatic heterocycles. The Morgan fingerprint density at radius 1 is 1.14 bits per heavy atom. The number of aliphatic hydroxyl groups excluding tert-OH is 1. The fourth-order valence-corrected chi connectivity index (χ4v) is 7.89. The van der Waals surface area contributed by atoms with E-state index in [2.05, 4.69) is 46.4 Å². The van der Waals surface area contributed by atoms with Gasteiger partial charge in [-0.3, -0.25) is 0 Å². The summed E-state index contributed by atoms with van der Waals surface area (Å²) in [6.45, 7) is 13.9. The highest BCUT2D eigenvalue weighted by molar-refractivity contribution is 5.38. The van der Waals surface area contributed by atoms with Crippen LogP contribution in [0.25, 0.3) is 0 Å². The normalized spacial score (nSPS) is 43.3. The van der Waals surface area contributed by atoms with E-state index < -0.39 is 0 Å². The topological polar surface area (TPSA) is 20.2 Å². The van der Waals surface area contributed by atoms with Crippen molar-refractivity contribution in [3.8, 4) is 0 Å². The molecule has 7 atom stereocenters. The van der Waals surface area contributed by atoms with Gasteiger partial charge in [0.05, 0.1) is 6.10 Å². The number of rotatable bonds is 5. The van der Waals surface area contributed by atoms with Crippen molar-refractivity contribution < 1.29 is 5.11 Å². The van der Waals surface area contributed by atoms with E-state index in [0.29, 0.717) is 10.8 Å². The summed E-state index contributed by atoms with van der Waals surface area (Å²) in [4.78, 5) is 0. The van der Waals surface area contributed by atoms with Gasteiger partial charge in [-0.1, -0.05) is 56.1 Å². The molecular weight excluding hydrogens is 340 g/mol. The third-order valence-electron chi connectivity index (χ3n) is 9.57. The quantitative estimate of drug-likeness (QED) is 0.497. The van der Waals surface area contributed by atoms with E-state index in [1.54, 1.807) is 5.57 Å². The zero-order valence-corrected chi connectivity index (χ0v) is 18.8. The van der Waals surface area contributed by atoms with Gasteiger partial charge in [-0.2, -0.15) is 0 Å². The van der Waals surface area contributed by atoms with Crippen LogP contribution in [0.15, 0.2) is 35.5 Å². The van der Waals surface area contributed by atoms with Gasteiger partial charge < -0.3 is 5.11 Å². The Kier molecular flexibility index (Phi) is 5.45. The lowest BCUT2D eigenvalue weighted by Gasteiger charge is -2.55. The maximum Gasteiger partial charge on any atom is 0.0578 e. The number of aliphatic hydroxyl groups is 1. The zero-order valence-electron chi connectivity index (χ0n) is 18.8. The van der Waals surface area contributed by atoms with Gasteiger partial charge in [-0.25, -0.2) is 0 Å². The molecule has 156 valence electrons. The van der Waals surface area contributed by atoms with Crippen LogP contribution in [0.3, 0.4) is 0 Å². The van der Waals surface area contributed by atoms with Crippen molar-refractivity contribution in [1.82, 2.24) is 0 Å². The van der Waals surface area contributed by atoms with Crippen LogP contribution in [0.1, 0.15) is 91.9 Å². The summed E-state index contributed by atoms with van der Waals surface area (Å²) in [6, 6.07) is 0. The van der Waals surface area contributed by atoms with Crippen LogP contribution in [0.2, 0.25) is 0 Å². The van der Waals surface area contributed by atoms with Gasteiger partial charge >= 0.3 is 0 Å². The van der Waals surface area contributed by atoms with Crippen LogP contribution in [0, 0.1) is 34.5 Å². The van der Waals surface area contributed by atoms with Gasteiger partial charge in [-0.15, -0.1) is 6.58 Å². The molecule has 3 fully saturated rings. The molecule has 0 amide bonds. The maximum atomic E-state index is 10.2. The Bertz CT molecular complexity index is 684. The lowest BCUT2D eigenvalue weighted by Crippen LogP contribution is -2.46. The van der Waals surface area contributed by atoms with Crippen molar-refractivity contribution in [1.29, 1.82) is 0 Å². The van der Waals surface area contributed by atoms with E-state index in [-0.39, 0.29) is 6.10 Å². The molecule has 1 nitrogen and oxygen atoms in total. The van der Waals surface area contributed by atoms with Crippen molar-refractivity contribution in [2.24, 2.45) is 34.5 Å². The van der Waals surface area contributed by atoms with E-state index in [9.17, 15) is 5.11 Å². The summed E-state index contributed by atoms with van der Waals surface area (Å²) >= 11 is 0. The molecule has 4 rings (SSSR count). The molecule has 4 aliphatic carbocycles. The summed E-state index contributed by atoms with van der Waals surface area (Å²) in [7, 11) is 0. The molecule has 0 aromatic rings. The van der Waals surface area contributed by atoms with E-state index in [1.807, 2.05) is 0 Å². The Morgan fingerprint density at radius 2 is 1.93 bits per heavy atom. The first-order chi connectivity index (χ1) is 13.3. The highest BCUT2D eigenvalue weighted by atomic mass is 16.3. The molecule has 2 unspecified atom stereocenters. The maximum absolute atomic E-state index is 10.2. The molecule has 28 heavy (non-hydrogen) atoms. The summed E-state index contributed by atoms with van der Waals surface area (Å²) in [6.07, 6.45) is 17.3. The van der Waals surface area contributed by atoms with Gasteiger partial charge in [0, 0.05) is 0 Å². The van der Waals surface area contributed by atoms with Gasteiger partial charge in [0.1, 0.15) is 0 Å². The van der Waals surface area contributed by atoms with Crippen molar-refractivity contribution in [2.75, 3.05) is 0 Å². The Morgan fingerprint density at radius 3 is 2.68 bits per heavy atom. The van der Waals surface area contributed by atoms with Crippen molar-refractivity contribution in [3.63, 3.8) is 0 Å². The average Bonchev–Trinajstić information content (AvgIpc) is 2.99. The molecule has 0 bridgehead atoms. The van der Waals surface area contributed by atoms with E-state index in [1.165, 1.54) is 62.5 Å². The molecule has 0 radical (unpaired) electrons. The first-order valence-corrected chi connectivity index (χ1v) is 12.0. The molecule has 0 aromatic carbocycles. The monoisotopic (exact) mass is 382 g/mol. The molecule has 0 heterocycles. The molecule has 0 saturated heterocycles. The standard InChI is InChI=1S/C27H42O/c1-18(2)7-6-8-19(3)23-11-12-24-22-10-9-20-17-21(28)13-15-26(20,4)25(22)14-16-27(23,24)5/h9-10,19,21,23-25,28H,1,6-8,11-17H2,2-5H3/t19-,21+,23-,24?,25?,26+,27-/m1/s1. The van der Waals surface area contributed by atoms with Gasteiger partial charge in [0.15, 0.2) is 0 Å². The SMILES string of the molecule is C=C(C)CCC[C@@H](C)[C@H]1CCC2C3=CC=C4C[C@@H](O)CC[C@]4(C)C3CC[C@@]21C. The molecule has 1 heteroatoms.